The van der Waals surface area contributed by atoms with Crippen LogP contribution in [0.5, 0.6) is 0 Å². The minimum absolute atomic E-state index is 0.454. The molecule has 2 N–H and O–H groups in total. The lowest BCUT2D eigenvalue weighted by atomic mass is 10.1. The largest absolute Gasteiger partial charge is 0.398 e. The van der Waals surface area contributed by atoms with Gasteiger partial charge in [0.25, 0.3) is 5.89 Å². The Morgan fingerprint density at radius 3 is 2.45 bits per heavy atom. The number of rotatable bonds is 2. The van der Waals surface area contributed by atoms with E-state index in [1.54, 1.807) is 12.1 Å². The molecule has 1 heterocycles. The molecule has 2 aromatic carbocycles. The summed E-state index contributed by atoms with van der Waals surface area (Å²) in [5.41, 5.74) is 9.28. The van der Waals surface area contributed by atoms with Gasteiger partial charge in [-0.1, -0.05) is 28.9 Å². The number of aromatic nitrogens is 2. The van der Waals surface area contributed by atoms with Crippen LogP contribution in [0, 0.1) is 6.92 Å². The van der Waals surface area contributed by atoms with Gasteiger partial charge in [0.15, 0.2) is 0 Å². The van der Waals surface area contributed by atoms with Gasteiger partial charge in [0.2, 0.25) is 5.82 Å². The van der Waals surface area contributed by atoms with Gasteiger partial charge >= 0.3 is 0 Å². The van der Waals surface area contributed by atoms with Crippen LogP contribution < -0.4 is 5.73 Å². The normalized spacial score (nSPS) is 10.7. The first kappa shape index (κ1) is 12.7. The minimum atomic E-state index is 0.454. The first-order valence-corrected chi connectivity index (χ1v) is 6.47. The van der Waals surface area contributed by atoms with Crippen LogP contribution in [-0.2, 0) is 0 Å². The number of nitrogen functional groups attached to an aromatic ring is 1. The maximum Gasteiger partial charge on any atom is 0.258 e. The Kier molecular flexibility index (Phi) is 3.16. The molecule has 3 aromatic rings. The van der Waals surface area contributed by atoms with E-state index in [0.717, 1.165) is 16.7 Å². The lowest BCUT2D eigenvalue weighted by molar-refractivity contribution is 0.432. The summed E-state index contributed by atoms with van der Waals surface area (Å²) < 4.78 is 5.27. The molecule has 5 heteroatoms. The molecule has 0 atom stereocenters. The van der Waals surface area contributed by atoms with E-state index in [9.17, 15) is 0 Å². The molecule has 0 saturated heterocycles. The van der Waals surface area contributed by atoms with Crippen LogP contribution in [0.15, 0.2) is 47.0 Å². The first-order valence-electron chi connectivity index (χ1n) is 6.09. The van der Waals surface area contributed by atoms with E-state index in [0.29, 0.717) is 22.4 Å². The van der Waals surface area contributed by atoms with Gasteiger partial charge in [-0.15, -0.1) is 0 Å². The van der Waals surface area contributed by atoms with E-state index in [4.69, 9.17) is 21.9 Å². The number of hydrogen-bond acceptors (Lipinski definition) is 4. The van der Waals surface area contributed by atoms with Crippen molar-refractivity contribution in [3.05, 3.63) is 53.1 Å². The van der Waals surface area contributed by atoms with Crippen LogP contribution in [-0.4, -0.2) is 10.1 Å². The van der Waals surface area contributed by atoms with Gasteiger partial charge in [0, 0.05) is 21.8 Å². The van der Waals surface area contributed by atoms with Crippen LogP contribution in [0.1, 0.15) is 5.56 Å². The van der Waals surface area contributed by atoms with E-state index in [1.165, 1.54) is 0 Å². The number of anilines is 1. The molecule has 0 aliphatic heterocycles. The number of hydrogen-bond donors (Lipinski definition) is 1. The topological polar surface area (TPSA) is 64.9 Å². The summed E-state index contributed by atoms with van der Waals surface area (Å²) >= 11 is 5.85. The predicted octanol–water partition coefficient (Wildman–Crippen LogP) is 3.95. The molecule has 0 spiro atoms. The second kappa shape index (κ2) is 4.98. The van der Waals surface area contributed by atoms with Crippen molar-refractivity contribution < 1.29 is 4.52 Å². The fourth-order valence-electron chi connectivity index (χ4n) is 1.83. The van der Waals surface area contributed by atoms with Crippen molar-refractivity contribution in [1.29, 1.82) is 0 Å². The highest BCUT2D eigenvalue weighted by Gasteiger charge is 2.11. The Hall–Kier alpha value is -2.33. The summed E-state index contributed by atoms with van der Waals surface area (Å²) in [6.07, 6.45) is 0. The smallest absolute Gasteiger partial charge is 0.258 e. The fourth-order valence-corrected chi connectivity index (χ4v) is 1.96. The number of halogens is 1. The Morgan fingerprint density at radius 2 is 1.75 bits per heavy atom. The summed E-state index contributed by atoms with van der Waals surface area (Å²) in [5, 5.41) is 4.65. The third-order valence-corrected chi connectivity index (χ3v) is 3.31. The Labute approximate surface area is 121 Å². The van der Waals surface area contributed by atoms with Crippen LogP contribution >= 0.6 is 11.6 Å². The number of benzene rings is 2. The third-order valence-electron chi connectivity index (χ3n) is 3.05. The zero-order valence-corrected chi connectivity index (χ0v) is 11.6. The van der Waals surface area contributed by atoms with Gasteiger partial charge in [-0.25, -0.2) is 0 Å². The highest BCUT2D eigenvalue weighted by Crippen LogP contribution is 2.25. The maximum atomic E-state index is 5.89. The van der Waals surface area contributed by atoms with E-state index in [-0.39, 0.29) is 0 Å². The molecule has 0 radical (unpaired) electrons. The molecule has 0 aliphatic carbocycles. The third kappa shape index (κ3) is 2.38. The maximum absolute atomic E-state index is 5.89. The number of aryl methyl sites for hydroxylation is 1. The molecule has 0 fully saturated rings. The molecule has 20 heavy (non-hydrogen) atoms. The molecule has 0 amide bonds. The molecule has 1 aromatic heterocycles. The number of nitrogens with two attached hydrogens (primary N) is 1. The van der Waals surface area contributed by atoms with Gasteiger partial charge in [0.05, 0.1) is 0 Å². The van der Waals surface area contributed by atoms with Gasteiger partial charge in [-0.2, -0.15) is 4.98 Å². The molecule has 0 saturated carbocycles. The fraction of sp³-hybridized carbons (Fsp3) is 0.0667. The van der Waals surface area contributed by atoms with E-state index >= 15 is 0 Å². The predicted molar refractivity (Wildman–Crippen MR) is 79.3 cm³/mol. The van der Waals surface area contributed by atoms with Crippen molar-refractivity contribution in [3.8, 4) is 22.8 Å². The molecule has 100 valence electrons. The molecular formula is C15H12ClN3O. The quantitative estimate of drug-likeness (QED) is 0.724. The highest BCUT2D eigenvalue weighted by atomic mass is 35.5. The monoisotopic (exact) mass is 285 g/mol. The average Bonchev–Trinajstić information content (AvgIpc) is 2.92. The van der Waals surface area contributed by atoms with Crippen molar-refractivity contribution in [2.45, 2.75) is 6.92 Å². The van der Waals surface area contributed by atoms with Crippen molar-refractivity contribution in [2.24, 2.45) is 0 Å². The molecule has 4 nitrogen and oxygen atoms in total. The standard InChI is InChI=1S/C15H12ClN3O/c1-9-2-3-11(8-13(9)17)14-18-15(20-19-14)10-4-6-12(16)7-5-10/h2-8H,17H2,1H3. The average molecular weight is 286 g/mol. The Morgan fingerprint density at radius 1 is 1.05 bits per heavy atom. The van der Waals surface area contributed by atoms with Gasteiger partial charge in [0.1, 0.15) is 0 Å². The lowest BCUT2D eigenvalue weighted by Gasteiger charge is -2.00. The summed E-state index contributed by atoms with van der Waals surface area (Å²) in [6, 6.07) is 12.9. The summed E-state index contributed by atoms with van der Waals surface area (Å²) in [6.45, 7) is 1.95. The molecule has 3 rings (SSSR count). The van der Waals surface area contributed by atoms with E-state index < -0.39 is 0 Å². The zero-order valence-electron chi connectivity index (χ0n) is 10.8. The van der Waals surface area contributed by atoms with Crippen molar-refractivity contribution >= 4 is 17.3 Å². The second-order valence-corrected chi connectivity index (χ2v) is 4.94. The van der Waals surface area contributed by atoms with Gasteiger partial charge in [-0.05, 0) is 42.8 Å². The SMILES string of the molecule is Cc1ccc(-c2noc(-c3ccc(Cl)cc3)n2)cc1N. The highest BCUT2D eigenvalue weighted by molar-refractivity contribution is 6.30. The minimum Gasteiger partial charge on any atom is -0.398 e. The lowest BCUT2D eigenvalue weighted by Crippen LogP contribution is -1.90. The van der Waals surface area contributed by atoms with Crippen LogP contribution in [0.3, 0.4) is 0 Å². The van der Waals surface area contributed by atoms with Gasteiger partial charge < -0.3 is 10.3 Å². The van der Waals surface area contributed by atoms with Crippen molar-refractivity contribution in [1.82, 2.24) is 10.1 Å². The molecular weight excluding hydrogens is 274 g/mol. The van der Waals surface area contributed by atoms with Crippen molar-refractivity contribution in [2.75, 3.05) is 5.73 Å². The summed E-state index contributed by atoms with van der Waals surface area (Å²) in [7, 11) is 0. The molecule has 0 aliphatic rings. The first-order chi connectivity index (χ1) is 9.63. The molecule has 0 bridgehead atoms. The van der Waals surface area contributed by atoms with Gasteiger partial charge in [-0.3, -0.25) is 0 Å². The Balaban J connectivity index is 1.97. The van der Waals surface area contributed by atoms with Crippen molar-refractivity contribution in [3.63, 3.8) is 0 Å². The molecule has 0 unspecified atom stereocenters. The summed E-state index contributed by atoms with van der Waals surface area (Å²) in [4.78, 5) is 4.37. The zero-order chi connectivity index (χ0) is 14.1. The summed E-state index contributed by atoms with van der Waals surface area (Å²) in [5.74, 6) is 0.970. The van der Waals surface area contributed by atoms with E-state index in [1.807, 2.05) is 37.3 Å². The van der Waals surface area contributed by atoms with E-state index in [2.05, 4.69) is 10.1 Å². The van der Waals surface area contributed by atoms with Crippen LogP contribution in [0.2, 0.25) is 5.02 Å². The second-order valence-electron chi connectivity index (χ2n) is 4.50. The number of nitrogens with zero attached hydrogens (tertiary/aromatic N) is 2. The van der Waals surface area contributed by atoms with Crippen LogP contribution in [0.25, 0.3) is 22.8 Å². The van der Waals surface area contributed by atoms with Crippen LogP contribution in [0.4, 0.5) is 5.69 Å². The Bertz CT molecular complexity index is 750.